The zero-order valence-electron chi connectivity index (χ0n) is 20.6. The summed E-state index contributed by atoms with van der Waals surface area (Å²) < 4.78 is 7.52. The molecular formula is C29H25N3O3S2. The number of nitrogens with one attached hydrogen (secondary N) is 1. The number of para-hydroxylation sites is 1. The first-order chi connectivity index (χ1) is 18.0. The van der Waals surface area contributed by atoms with Crippen LogP contribution in [0.5, 0.6) is 5.75 Å². The fourth-order valence-corrected chi connectivity index (χ4v) is 5.74. The molecule has 0 bridgehead atoms. The first-order valence-electron chi connectivity index (χ1n) is 11.7. The number of benzene rings is 3. The maximum atomic E-state index is 13.8. The van der Waals surface area contributed by atoms with Gasteiger partial charge in [0.1, 0.15) is 5.75 Å². The summed E-state index contributed by atoms with van der Waals surface area (Å²) in [5, 5.41) is 2.97. The second kappa shape index (κ2) is 10.6. The van der Waals surface area contributed by atoms with Gasteiger partial charge >= 0.3 is 0 Å². The molecule has 0 saturated heterocycles. The van der Waals surface area contributed by atoms with Crippen LogP contribution in [-0.4, -0.2) is 23.8 Å². The zero-order chi connectivity index (χ0) is 25.9. The zero-order valence-corrected chi connectivity index (χ0v) is 22.2. The summed E-state index contributed by atoms with van der Waals surface area (Å²) in [7, 11) is 1.60. The van der Waals surface area contributed by atoms with E-state index in [1.807, 2.05) is 98.1 Å². The van der Waals surface area contributed by atoms with Crippen molar-refractivity contribution in [3.05, 3.63) is 121 Å². The summed E-state index contributed by atoms with van der Waals surface area (Å²) >= 11 is 3.00. The molecule has 37 heavy (non-hydrogen) atoms. The number of hydrogen-bond donors (Lipinski definition) is 1. The summed E-state index contributed by atoms with van der Waals surface area (Å²) in [5.41, 5.74) is 3.22. The molecule has 8 heteroatoms. The van der Waals surface area contributed by atoms with Crippen LogP contribution in [0, 0.1) is 0 Å². The number of nitrogens with zero attached hydrogens (tertiary/aromatic N) is 2. The first-order valence-corrected chi connectivity index (χ1v) is 13.7. The number of anilines is 1. The van der Waals surface area contributed by atoms with Gasteiger partial charge in [-0.2, -0.15) is 0 Å². The first kappa shape index (κ1) is 24.8. The lowest BCUT2D eigenvalue weighted by atomic mass is 9.95. The van der Waals surface area contributed by atoms with E-state index in [1.54, 1.807) is 23.4 Å². The van der Waals surface area contributed by atoms with Crippen molar-refractivity contribution in [3.8, 4) is 5.75 Å². The molecule has 1 aromatic heterocycles. The average Bonchev–Trinajstić information content (AvgIpc) is 3.23. The van der Waals surface area contributed by atoms with Crippen molar-refractivity contribution in [2.45, 2.75) is 17.9 Å². The summed E-state index contributed by atoms with van der Waals surface area (Å²) in [6.07, 6.45) is 3.90. The SMILES string of the molecule is COc1ccc([C@H]2C(C(=O)Nc3ccccc3)=C(C)N=c3s/c(=C/c4ccc(SC)cc4)c(=O)n32)cc1. The minimum absolute atomic E-state index is 0.184. The molecule has 0 aliphatic carbocycles. The van der Waals surface area contributed by atoms with Gasteiger partial charge in [0.05, 0.1) is 29.0 Å². The lowest BCUT2D eigenvalue weighted by molar-refractivity contribution is -0.113. The number of rotatable bonds is 6. The number of hydrogen-bond acceptors (Lipinski definition) is 6. The number of fused-ring (bicyclic) bond motifs is 1. The fraction of sp³-hybridized carbons (Fsp3) is 0.138. The molecule has 186 valence electrons. The Labute approximate surface area is 222 Å². The van der Waals surface area contributed by atoms with E-state index in [0.717, 1.165) is 16.0 Å². The van der Waals surface area contributed by atoms with Crippen LogP contribution in [0.4, 0.5) is 5.69 Å². The van der Waals surface area contributed by atoms with Crippen LogP contribution in [0.25, 0.3) is 6.08 Å². The van der Waals surface area contributed by atoms with Gasteiger partial charge in [-0.3, -0.25) is 14.2 Å². The molecule has 5 rings (SSSR count). The Balaban J connectivity index is 1.65. The van der Waals surface area contributed by atoms with Gasteiger partial charge in [-0.1, -0.05) is 53.8 Å². The topological polar surface area (TPSA) is 72.7 Å². The minimum atomic E-state index is -0.633. The molecule has 0 unspecified atom stereocenters. The van der Waals surface area contributed by atoms with Gasteiger partial charge < -0.3 is 10.1 Å². The molecule has 1 atom stereocenters. The summed E-state index contributed by atoms with van der Waals surface area (Å²) in [6, 6.07) is 24.1. The van der Waals surface area contributed by atoms with Gasteiger partial charge in [0, 0.05) is 10.6 Å². The number of aromatic nitrogens is 1. The molecule has 0 spiro atoms. The highest BCUT2D eigenvalue weighted by Gasteiger charge is 2.32. The van der Waals surface area contributed by atoms with Gasteiger partial charge in [-0.25, -0.2) is 4.99 Å². The van der Waals surface area contributed by atoms with Gasteiger partial charge in [0.2, 0.25) is 0 Å². The molecule has 2 heterocycles. The van der Waals surface area contributed by atoms with E-state index in [1.165, 1.54) is 11.3 Å². The molecule has 1 amide bonds. The molecule has 1 N–H and O–H groups in total. The standard InChI is InChI=1S/C29H25N3O3S2/c1-18-25(27(33)31-21-7-5-4-6-8-21)26(20-11-13-22(35-2)14-12-20)32-28(34)24(37-29(32)30-18)17-19-9-15-23(36-3)16-10-19/h4-17,26H,1-3H3,(H,31,33)/b24-17+/t26-/m0/s1. The Morgan fingerprint density at radius 3 is 2.41 bits per heavy atom. The number of thioether (sulfide) groups is 1. The number of ether oxygens (including phenoxy) is 1. The Hall–Kier alpha value is -3.88. The van der Waals surface area contributed by atoms with Crippen LogP contribution in [0.2, 0.25) is 0 Å². The van der Waals surface area contributed by atoms with Crippen LogP contribution < -0.4 is 24.9 Å². The number of thiazole rings is 1. The predicted octanol–water partition coefficient (Wildman–Crippen LogP) is 4.60. The van der Waals surface area contributed by atoms with Crippen LogP contribution in [0.3, 0.4) is 0 Å². The molecule has 1 aliphatic heterocycles. The van der Waals surface area contributed by atoms with E-state index in [4.69, 9.17) is 9.73 Å². The Bertz CT molecular complexity index is 1650. The number of carbonyl (C=O) groups is 1. The number of allylic oxidation sites excluding steroid dienone is 1. The largest absolute Gasteiger partial charge is 0.497 e. The van der Waals surface area contributed by atoms with E-state index >= 15 is 0 Å². The second-order valence-electron chi connectivity index (χ2n) is 8.45. The van der Waals surface area contributed by atoms with Crippen LogP contribution in [-0.2, 0) is 4.79 Å². The molecule has 4 aromatic rings. The van der Waals surface area contributed by atoms with Crippen molar-refractivity contribution in [1.29, 1.82) is 0 Å². The van der Waals surface area contributed by atoms with Crippen molar-refractivity contribution in [1.82, 2.24) is 4.57 Å². The van der Waals surface area contributed by atoms with E-state index in [0.29, 0.717) is 32.0 Å². The summed E-state index contributed by atoms with van der Waals surface area (Å²) in [5.74, 6) is 0.399. The molecule has 6 nitrogen and oxygen atoms in total. The van der Waals surface area contributed by atoms with E-state index in [2.05, 4.69) is 5.32 Å². The summed E-state index contributed by atoms with van der Waals surface area (Å²) in [4.78, 5) is 33.8. The van der Waals surface area contributed by atoms with Crippen molar-refractivity contribution < 1.29 is 9.53 Å². The molecule has 3 aromatic carbocycles. The Morgan fingerprint density at radius 2 is 1.76 bits per heavy atom. The molecular weight excluding hydrogens is 502 g/mol. The monoisotopic (exact) mass is 527 g/mol. The second-order valence-corrected chi connectivity index (χ2v) is 10.3. The third kappa shape index (κ3) is 5.03. The average molecular weight is 528 g/mol. The number of methoxy groups -OCH3 is 1. The molecule has 1 aliphatic rings. The van der Waals surface area contributed by atoms with Crippen molar-refractivity contribution >= 4 is 40.8 Å². The van der Waals surface area contributed by atoms with Crippen LogP contribution >= 0.6 is 23.1 Å². The predicted molar refractivity (Wildman–Crippen MR) is 150 cm³/mol. The van der Waals surface area contributed by atoms with Gasteiger partial charge in [0.15, 0.2) is 4.80 Å². The highest BCUT2D eigenvalue weighted by Crippen LogP contribution is 2.31. The quantitative estimate of drug-likeness (QED) is 0.372. The van der Waals surface area contributed by atoms with Crippen LogP contribution in [0.15, 0.2) is 105 Å². The normalized spacial score (nSPS) is 15.2. The van der Waals surface area contributed by atoms with Crippen molar-refractivity contribution in [3.63, 3.8) is 0 Å². The molecule has 0 saturated carbocycles. The fourth-order valence-electron chi connectivity index (χ4n) is 4.28. The van der Waals surface area contributed by atoms with Crippen molar-refractivity contribution in [2.75, 3.05) is 18.7 Å². The Kier molecular flexibility index (Phi) is 7.12. The smallest absolute Gasteiger partial charge is 0.271 e. The lowest BCUT2D eigenvalue weighted by Gasteiger charge is -2.25. The molecule has 0 radical (unpaired) electrons. The van der Waals surface area contributed by atoms with Crippen molar-refractivity contribution in [2.24, 2.45) is 4.99 Å². The summed E-state index contributed by atoms with van der Waals surface area (Å²) in [6.45, 7) is 1.81. The maximum Gasteiger partial charge on any atom is 0.271 e. The molecule has 0 fully saturated rings. The highest BCUT2D eigenvalue weighted by atomic mass is 32.2. The third-order valence-electron chi connectivity index (χ3n) is 6.14. The van der Waals surface area contributed by atoms with Crippen LogP contribution in [0.1, 0.15) is 24.1 Å². The van der Waals surface area contributed by atoms with Gasteiger partial charge in [-0.05, 0) is 66.8 Å². The Morgan fingerprint density at radius 1 is 1.05 bits per heavy atom. The third-order valence-corrected chi connectivity index (χ3v) is 7.87. The highest BCUT2D eigenvalue weighted by molar-refractivity contribution is 7.98. The van der Waals surface area contributed by atoms with E-state index < -0.39 is 6.04 Å². The maximum absolute atomic E-state index is 13.8. The number of carbonyl (C=O) groups excluding carboxylic acids is 1. The van der Waals surface area contributed by atoms with Gasteiger partial charge in [-0.15, -0.1) is 11.8 Å². The minimum Gasteiger partial charge on any atom is -0.497 e. The van der Waals surface area contributed by atoms with E-state index in [9.17, 15) is 9.59 Å². The van der Waals surface area contributed by atoms with E-state index in [-0.39, 0.29) is 11.5 Å². The number of amides is 1. The lowest BCUT2D eigenvalue weighted by Crippen LogP contribution is -2.40. The van der Waals surface area contributed by atoms with Gasteiger partial charge in [0.25, 0.3) is 11.5 Å².